The van der Waals surface area contributed by atoms with Crippen molar-refractivity contribution in [1.29, 1.82) is 0 Å². The predicted molar refractivity (Wildman–Crippen MR) is 103 cm³/mol. The Bertz CT molecular complexity index is 788. The summed E-state index contributed by atoms with van der Waals surface area (Å²) in [5.41, 5.74) is 4.17. The second-order valence-corrected chi connectivity index (χ2v) is 6.52. The fraction of sp³-hybridized carbons (Fsp3) is 0.350. The van der Waals surface area contributed by atoms with Crippen molar-refractivity contribution in [2.24, 2.45) is 0 Å². The first-order valence-electron chi connectivity index (χ1n) is 8.59. The normalized spacial score (nSPS) is 13.0. The molecule has 0 unspecified atom stereocenters. The van der Waals surface area contributed by atoms with Crippen LogP contribution in [-0.4, -0.2) is 45.8 Å². The number of carbonyl (C=O) groups excluding carboxylic acids is 1. The van der Waals surface area contributed by atoms with Crippen molar-refractivity contribution >= 4 is 17.4 Å². The summed E-state index contributed by atoms with van der Waals surface area (Å²) in [6, 6.07) is 11.7. The lowest BCUT2D eigenvalue weighted by Crippen LogP contribution is -2.38. The van der Waals surface area contributed by atoms with Gasteiger partial charge in [0.1, 0.15) is 0 Å². The molecule has 1 aliphatic rings. The number of hydrogen-bond donors (Lipinski definition) is 1. The zero-order valence-electron chi connectivity index (χ0n) is 15.7. The molecule has 6 heteroatoms. The first-order valence-corrected chi connectivity index (χ1v) is 8.59. The van der Waals surface area contributed by atoms with Crippen molar-refractivity contribution in [1.82, 2.24) is 4.90 Å². The minimum atomic E-state index is -0.0944. The van der Waals surface area contributed by atoms with Crippen LogP contribution in [0.4, 0.5) is 16.2 Å². The van der Waals surface area contributed by atoms with Gasteiger partial charge < -0.3 is 24.6 Å². The molecule has 1 aliphatic heterocycles. The Morgan fingerprint density at radius 1 is 1.04 bits per heavy atom. The van der Waals surface area contributed by atoms with Crippen LogP contribution in [0.2, 0.25) is 0 Å². The van der Waals surface area contributed by atoms with Crippen molar-refractivity contribution in [2.75, 3.05) is 45.1 Å². The van der Waals surface area contributed by atoms with E-state index in [1.807, 2.05) is 60.3 Å². The van der Waals surface area contributed by atoms with E-state index < -0.39 is 0 Å². The Morgan fingerprint density at radius 2 is 1.65 bits per heavy atom. The van der Waals surface area contributed by atoms with Gasteiger partial charge in [0.2, 0.25) is 0 Å². The summed E-state index contributed by atoms with van der Waals surface area (Å²) >= 11 is 0. The zero-order chi connectivity index (χ0) is 18.7. The Kier molecular flexibility index (Phi) is 5.21. The van der Waals surface area contributed by atoms with Crippen molar-refractivity contribution < 1.29 is 14.3 Å². The van der Waals surface area contributed by atoms with Crippen molar-refractivity contribution in [3.63, 3.8) is 0 Å². The van der Waals surface area contributed by atoms with E-state index in [1.54, 1.807) is 14.2 Å². The number of rotatable bonds is 4. The molecule has 0 fully saturated rings. The first-order chi connectivity index (χ1) is 12.5. The topological polar surface area (TPSA) is 54.0 Å². The molecule has 1 heterocycles. The summed E-state index contributed by atoms with van der Waals surface area (Å²) in [5.74, 6) is 1.41. The molecule has 0 aromatic heterocycles. The van der Waals surface area contributed by atoms with E-state index in [4.69, 9.17) is 9.47 Å². The molecule has 0 spiro atoms. The molecule has 6 nitrogen and oxygen atoms in total. The van der Waals surface area contributed by atoms with Crippen LogP contribution in [0.3, 0.4) is 0 Å². The molecule has 0 atom stereocenters. The SMILES string of the molecule is COc1cc2c(cc1OC)CN(C(=O)Nc1ccc(N(C)C)cc1)CC2. The van der Waals surface area contributed by atoms with Crippen LogP contribution < -0.4 is 19.7 Å². The van der Waals surface area contributed by atoms with Crippen molar-refractivity contribution in [3.8, 4) is 11.5 Å². The predicted octanol–water partition coefficient (Wildman–Crippen LogP) is 3.36. The molecule has 138 valence electrons. The van der Waals surface area contributed by atoms with Crippen LogP contribution >= 0.6 is 0 Å². The third kappa shape index (κ3) is 3.69. The molecule has 0 radical (unpaired) electrons. The molecule has 2 aromatic rings. The number of ether oxygens (including phenoxy) is 2. The fourth-order valence-corrected chi connectivity index (χ4v) is 3.10. The van der Waals surface area contributed by atoms with Crippen LogP contribution in [-0.2, 0) is 13.0 Å². The largest absolute Gasteiger partial charge is 0.493 e. The van der Waals surface area contributed by atoms with E-state index in [2.05, 4.69) is 5.32 Å². The third-order valence-electron chi connectivity index (χ3n) is 4.64. The highest BCUT2D eigenvalue weighted by atomic mass is 16.5. The highest BCUT2D eigenvalue weighted by Crippen LogP contribution is 2.33. The smallest absolute Gasteiger partial charge is 0.322 e. The molecule has 0 saturated carbocycles. The number of anilines is 2. The van der Waals surface area contributed by atoms with E-state index >= 15 is 0 Å². The molecule has 2 amide bonds. The maximum atomic E-state index is 12.6. The van der Waals surface area contributed by atoms with Gasteiger partial charge in [-0.3, -0.25) is 0 Å². The number of benzene rings is 2. The number of methoxy groups -OCH3 is 2. The van der Waals surface area contributed by atoms with E-state index in [-0.39, 0.29) is 6.03 Å². The first kappa shape index (κ1) is 17.9. The summed E-state index contributed by atoms with van der Waals surface area (Å²) in [4.78, 5) is 16.5. The second-order valence-electron chi connectivity index (χ2n) is 6.52. The average molecular weight is 355 g/mol. The van der Waals surface area contributed by atoms with Crippen molar-refractivity contribution in [2.45, 2.75) is 13.0 Å². The molecule has 0 aliphatic carbocycles. The van der Waals surface area contributed by atoms with E-state index in [0.717, 1.165) is 29.1 Å². The van der Waals surface area contributed by atoms with Gasteiger partial charge in [0.05, 0.1) is 14.2 Å². The average Bonchev–Trinajstić information content (AvgIpc) is 2.66. The molecular weight excluding hydrogens is 330 g/mol. The van der Waals surface area contributed by atoms with Gasteiger partial charge in [-0.2, -0.15) is 0 Å². The lowest BCUT2D eigenvalue weighted by molar-refractivity contribution is 0.206. The van der Waals surface area contributed by atoms with Gasteiger partial charge in [0.15, 0.2) is 11.5 Å². The molecule has 1 N–H and O–H groups in total. The number of urea groups is 1. The summed E-state index contributed by atoms with van der Waals surface area (Å²) in [6.07, 6.45) is 0.794. The van der Waals surface area contributed by atoms with Gasteiger partial charge in [-0.15, -0.1) is 0 Å². The molecule has 2 aromatic carbocycles. The molecule has 0 saturated heterocycles. The van der Waals surface area contributed by atoms with Gasteiger partial charge in [-0.1, -0.05) is 0 Å². The van der Waals surface area contributed by atoms with Gasteiger partial charge in [0, 0.05) is 38.6 Å². The van der Waals surface area contributed by atoms with E-state index in [1.165, 1.54) is 5.56 Å². The second kappa shape index (κ2) is 7.56. The number of carbonyl (C=O) groups is 1. The number of nitrogens with zero attached hydrogens (tertiary/aromatic N) is 2. The van der Waals surface area contributed by atoms with Gasteiger partial charge in [0.25, 0.3) is 0 Å². The maximum absolute atomic E-state index is 12.6. The van der Waals surface area contributed by atoms with Crippen LogP contribution in [0.15, 0.2) is 36.4 Å². The highest BCUT2D eigenvalue weighted by Gasteiger charge is 2.23. The molecular formula is C20H25N3O3. The van der Waals surface area contributed by atoms with Crippen molar-refractivity contribution in [3.05, 3.63) is 47.5 Å². The molecule has 3 rings (SSSR count). The third-order valence-corrected chi connectivity index (χ3v) is 4.64. The van der Waals surface area contributed by atoms with Crippen LogP contribution in [0.25, 0.3) is 0 Å². The van der Waals surface area contributed by atoms with Gasteiger partial charge in [-0.05, 0) is 53.9 Å². The zero-order valence-corrected chi connectivity index (χ0v) is 15.7. The van der Waals surface area contributed by atoms with Gasteiger partial charge >= 0.3 is 6.03 Å². The lowest BCUT2D eigenvalue weighted by atomic mass is 9.99. The van der Waals surface area contributed by atoms with Gasteiger partial charge in [-0.25, -0.2) is 4.79 Å². The summed E-state index contributed by atoms with van der Waals surface area (Å²) in [7, 11) is 7.23. The standard InChI is InChI=1S/C20H25N3O3/c1-22(2)17-7-5-16(6-8-17)21-20(24)23-10-9-14-11-18(25-3)19(26-4)12-15(14)13-23/h5-8,11-12H,9-10,13H2,1-4H3,(H,21,24). The van der Waals surface area contributed by atoms with E-state index in [0.29, 0.717) is 18.8 Å². The van der Waals surface area contributed by atoms with E-state index in [9.17, 15) is 4.79 Å². The Balaban J connectivity index is 1.70. The van der Waals surface area contributed by atoms with Crippen LogP contribution in [0.1, 0.15) is 11.1 Å². The monoisotopic (exact) mass is 355 g/mol. The molecule has 0 bridgehead atoms. The number of amides is 2. The fourth-order valence-electron chi connectivity index (χ4n) is 3.10. The number of fused-ring (bicyclic) bond motifs is 1. The number of hydrogen-bond acceptors (Lipinski definition) is 4. The lowest BCUT2D eigenvalue weighted by Gasteiger charge is -2.29. The Morgan fingerprint density at radius 3 is 2.23 bits per heavy atom. The van der Waals surface area contributed by atoms with Crippen LogP contribution in [0, 0.1) is 0 Å². The Hall–Kier alpha value is -2.89. The summed E-state index contributed by atoms with van der Waals surface area (Å²) in [6.45, 7) is 1.22. The maximum Gasteiger partial charge on any atom is 0.322 e. The highest BCUT2D eigenvalue weighted by molar-refractivity contribution is 5.89. The van der Waals surface area contributed by atoms with Crippen LogP contribution in [0.5, 0.6) is 11.5 Å². The summed E-state index contributed by atoms with van der Waals surface area (Å²) < 4.78 is 10.7. The summed E-state index contributed by atoms with van der Waals surface area (Å²) in [5, 5.41) is 2.97. The minimum absolute atomic E-state index is 0.0944. The molecule has 26 heavy (non-hydrogen) atoms. The quantitative estimate of drug-likeness (QED) is 0.914. The Labute approximate surface area is 154 Å². The number of nitrogens with one attached hydrogen (secondary N) is 1. The minimum Gasteiger partial charge on any atom is -0.493 e.